The van der Waals surface area contributed by atoms with Crippen LogP contribution in [0.25, 0.3) is 0 Å². The molecular formula is C15H21NO4. The highest BCUT2D eigenvalue weighted by atomic mass is 16.6. The van der Waals surface area contributed by atoms with E-state index in [9.17, 15) is 5.11 Å². The molecule has 0 bridgehead atoms. The lowest BCUT2D eigenvalue weighted by Crippen LogP contribution is -2.41. The molecule has 0 amide bonds. The van der Waals surface area contributed by atoms with Gasteiger partial charge < -0.3 is 19.3 Å². The van der Waals surface area contributed by atoms with Crippen molar-refractivity contribution in [3.05, 3.63) is 23.9 Å². The van der Waals surface area contributed by atoms with Crippen LogP contribution in [0.15, 0.2) is 18.3 Å². The van der Waals surface area contributed by atoms with Crippen molar-refractivity contribution in [3.8, 4) is 5.88 Å². The predicted octanol–water partition coefficient (Wildman–Crippen LogP) is 1.71. The average molecular weight is 279 g/mol. The second kappa shape index (κ2) is 5.68. The van der Waals surface area contributed by atoms with Gasteiger partial charge in [-0.2, -0.15) is 0 Å². The molecule has 1 spiro atoms. The molecule has 0 aliphatic carbocycles. The first-order valence-electron chi connectivity index (χ1n) is 7.13. The van der Waals surface area contributed by atoms with Crippen molar-refractivity contribution in [3.63, 3.8) is 0 Å². The van der Waals surface area contributed by atoms with Crippen molar-refractivity contribution in [1.82, 2.24) is 4.98 Å². The van der Waals surface area contributed by atoms with E-state index < -0.39 is 6.10 Å². The highest BCUT2D eigenvalue weighted by molar-refractivity contribution is 5.28. The van der Waals surface area contributed by atoms with Crippen LogP contribution < -0.4 is 4.74 Å². The van der Waals surface area contributed by atoms with Crippen LogP contribution in [0, 0.1) is 5.92 Å². The van der Waals surface area contributed by atoms with Gasteiger partial charge in [0.25, 0.3) is 0 Å². The second-order valence-corrected chi connectivity index (χ2v) is 5.63. The average Bonchev–Trinajstić information content (AvgIpc) is 2.94. The van der Waals surface area contributed by atoms with Crippen molar-refractivity contribution < 1.29 is 19.3 Å². The van der Waals surface area contributed by atoms with Crippen molar-refractivity contribution in [2.45, 2.75) is 31.0 Å². The first kappa shape index (κ1) is 13.8. The van der Waals surface area contributed by atoms with E-state index in [0.29, 0.717) is 19.1 Å². The van der Waals surface area contributed by atoms with E-state index >= 15 is 0 Å². The van der Waals surface area contributed by atoms with Crippen LogP contribution in [-0.4, -0.2) is 42.6 Å². The van der Waals surface area contributed by atoms with Gasteiger partial charge in [0, 0.05) is 31.4 Å². The maximum atomic E-state index is 10.7. The van der Waals surface area contributed by atoms with Gasteiger partial charge in [-0.3, -0.25) is 0 Å². The molecule has 3 heterocycles. The number of nitrogens with zero attached hydrogens (tertiary/aromatic N) is 1. The van der Waals surface area contributed by atoms with Gasteiger partial charge in [0.2, 0.25) is 5.88 Å². The van der Waals surface area contributed by atoms with E-state index in [1.165, 1.54) is 0 Å². The minimum absolute atomic E-state index is 0.156. The lowest BCUT2D eigenvalue weighted by atomic mass is 9.80. The number of aliphatic hydroxyl groups is 1. The van der Waals surface area contributed by atoms with E-state index in [1.807, 2.05) is 12.1 Å². The summed E-state index contributed by atoms with van der Waals surface area (Å²) in [7, 11) is 1.58. The lowest BCUT2D eigenvalue weighted by Gasteiger charge is -2.39. The fourth-order valence-corrected chi connectivity index (χ4v) is 3.25. The smallest absolute Gasteiger partial charge is 0.218 e. The van der Waals surface area contributed by atoms with Crippen LogP contribution >= 0.6 is 0 Å². The van der Waals surface area contributed by atoms with Crippen LogP contribution in [-0.2, 0) is 9.47 Å². The van der Waals surface area contributed by atoms with Crippen molar-refractivity contribution >= 4 is 0 Å². The number of ether oxygens (including phenoxy) is 3. The Morgan fingerprint density at radius 3 is 3.15 bits per heavy atom. The van der Waals surface area contributed by atoms with E-state index in [0.717, 1.165) is 31.4 Å². The minimum Gasteiger partial charge on any atom is -0.481 e. The molecule has 3 unspecified atom stereocenters. The molecule has 2 fully saturated rings. The monoisotopic (exact) mass is 279 g/mol. The van der Waals surface area contributed by atoms with Gasteiger partial charge in [-0.05, 0) is 30.9 Å². The molecule has 2 aliphatic heterocycles. The third-order valence-electron chi connectivity index (χ3n) is 4.36. The number of hydrogen-bond acceptors (Lipinski definition) is 5. The summed E-state index contributed by atoms with van der Waals surface area (Å²) >= 11 is 0. The van der Waals surface area contributed by atoms with Crippen LogP contribution in [0.5, 0.6) is 5.88 Å². The number of pyridine rings is 1. The van der Waals surface area contributed by atoms with Gasteiger partial charge >= 0.3 is 0 Å². The summed E-state index contributed by atoms with van der Waals surface area (Å²) in [4.78, 5) is 4.16. The van der Waals surface area contributed by atoms with Gasteiger partial charge in [0.1, 0.15) is 0 Å². The largest absolute Gasteiger partial charge is 0.481 e. The van der Waals surface area contributed by atoms with Crippen molar-refractivity contribution in [2.24, 2.45) is 5.92 Å². The molecular weight excluding hydrogens is 258 g/mol. The van der Waals surface area contributed by atoms with E-state index in [1.54, 1.807) is 13.3 Å². The van der Waals surface area contributed by atoms with Gasteiger partial charge in [0.15, 0.2) is 0 Å². The summed E-state index contributed by atoms with van der Waals surface area (Å²) in [5.74, 6) is 0.659. The molecule has 2 aliphatic rings. The van der Waals surface area contributed by atoms with Crippen LogP contribution in [0.1, 0.15) is 30.9 Å². The summed E-state index contributed by atoms with van der Waals surface area (Å²) in [6.07, 6.45) is 3.69. The molecule has 5 nitrogen and oxygen atoms in total. The Morgan fingerprint density at radius 2 is 2.40 bits per heavy atom. The molecule has 110 valence electrons. The molecule has 5 heteroatoms. The molecule has 1 aromatic rings. The second-order valence-electron chi connectivity index (χ2n) is 5.63. The normalized spacial score (nSPS) is 31.4. The number of aliphatic hydroxyl groups excluding tert-OH is 1. The van der Waals surface area contributed by atoms with Gasteiger partial charge in [-0.25, -0.2) is 4.98 Å². The summed E-state index contributed by atoms with van der Waals surface area (Å²) in [5.41, 5.74) is 0.565. The fourth-order valence-electron chi connectivity index (χ4n) is 3.25. The molecule has 3 atom stereocenters. The van der Waals surface area contributed by atoms with Crippen LogP contribution in [0.4, 0.5) is 0 Å². The lowest BCUT2D eigenvalue weighted by molar-refractivity contribution is -0.117. The Bertz CT molecular complexity index is 459. The molecule has 20 heavy (non-hydrogen) atoms. The Balaban J connectivity index is 1.77. The van der Waals surface area contributed by atoms with Gasteiger partial charge in [0.05, 0.1) is 25.4 Å². The molecule has 1 N–H and O–H groups in total. The van der Waals surface area contributed by atoms with Crippen LogP contribution in [0.3, 0.4) is 0 Å². The number of rotatable bonds is 3. The Morgan fingerprint density at radius 1 is 1.50 bits per heavy atom. The highest BCUT2D eigenvalue weighted by Gasteiger charge is 2.43. The molecule has 0 radical (unpaired) electrons. The zero-order valence-electron chi connectivity index (χ0n) is 11.7. The SMILES string of the molecule is COc1ncccc1C(O)C1CCOC2(CCOC2)C1. The zero-order chi connectivity index (χ0) is 14.0. The first-order valence-corrected chi connectivity index (χ1v) is 7.13. The number of methoxy groups -OCH3 is 1. The van der Waals surface area contributed by atoms with E-state index in [-0.39, 0.29) is 11.5 Å². The van der Waals surface area contributed by atoms with E-state index in [2.05, 4.69) is 4.98 Å². The summed E-state index contributed by atoms with van der Waals surface area (Å²) < 4.78 is 16.6. The third-order valence-corrected chi connectivity index (χ3v) is 4.36. The number of aromatic nitrogens is 1. The van der Waals surface area contributed by atoms with Gasteiger partial charge in [-0.1, -0.05) is 0 Å². The first-order chi connectivity index (χ1) is 9.74. The topological polar surface area (TPSA) is 60.8 Å². The third kappa shape index (κ3) is 2.53. The summed E-state index contributed by atoms with van der Waals surface area (Å²) in [6, 6.07) is 3.71. The summed E-state index contributed by atoms with van der Waals surface area (Å²) in [5, 5.41) is 10.7. The summed E-state index contributed by atoms with van der Waals surface area (Å²) in [6.45, 7) is 2.06. The van der Waals surface area contributed by atoms with Gasteiger partial charge in [-0.15, -0.1) is 0 Å². The van der Waals surface area contributed by atoms with Crippen molar-refractivity contribution in [1.29, 1.82) is 0 Å². The molecule has 2 saturated heterocycles. The quantitative estimate of drug-likeness (QED) is 0.912. The standard InChI is InChI=1S/C15H21NO4/c1-18-14-12(3-2-6-16-14)13(17)11-4-7-20-15(9-11)5-8-19-10-15/h2-3,6,11,13,17H,4-5,7-10H2,1H3. The fraction of sp³-hybridized carbons (Fsp3) is 0.667. The Hall–Kier alpha value is -1.17. The van der Waals surface area contributed by atoms with Crippen molar-refractivity contribution in [2.75, 3.05) is 26.9 Å². The zero-order valence-corrected chi connectivity index (χ0v) is 11.7. The maximum Gasteiger partial charge on any atom is 0.218 e. The Kier molecular flexibility index (Phi) is 3.92. The molecule has 0 saturated carbocycles. The van der Waals surface area contributed by atoms with E-state index in [4.69, 9.17) is 14.2 Å². The molecule has 3 rings (SSSR count). The number of hydrogen-bond donors (Lipinski definition) is 1. The Labute approximate surface area is 118 Å². The highest BCUT2D eigenvalue weighted by Crippen LogP contribution is 2.42. The predicted molar refractivity (Wildman–Crippen MR) is 72.6 cm³/mol. The van der Waals surface area contributed by atoms with Crippen LogP contribution in [0.2, 0.25) is 0 Å². The molecule has 1 aromatic heterocycles. The maximum absolute atomic E-state index is 10.7. The molecule has 0 aromatic carbocycles. The minimum atomic E-state index is -0.569.